The van der Waals surface area contributed by atoms with Crippen LogP contribution in [0.1, 0.15) is 35.2 Å². The topological polar surface area (TPSA) is 90.3 Å². The zero-order chi connectivity index (χ0) is 31.3. The number of aromatic nitrogens is 3. The average molecular weight is 622 g/mol. The van der Waals surface area contributed by atoms with Crippen molar-refractivity contribution < 1.29 is 18.7 Å². The highest BCUT2D eigenvalue weighted by atomic mass is 32.2. The second-order valence-corrected chi connectivity index (χ2v) is 11.6. The second-order valence-electron chi connectivity index (χ2n) is 10.6. The van der Waals surface area contributed by atoms with E-state index in [-0.39, 0.29) is 11.7 Å². The van der Waals surface area contributed by atoms with Crippen LogP contribution in [0.25, 0.3) is 0 Å². The Morgan fingerprint density at radius 1 is 1.00 bits per heavy atom. The third-order valence-electron chi connectivity index (χ3n) is 7.43. The minimum Gasteiger partial charge on any atom is -0.495 e. The van der Waals surface area contributed by atoms with Crippen molar-refractivity contribution >= 4 is 29.3 Å². The van der Waals surface area contributed by atoms with Gasteiger partial charge in [0.2, 0.25) is 11.1 Å². The molecule has 1 amide bonds. The van der Waals surface area contributed by atoms with Crippen LogP contribution in [0, 0.1) is 12.7 Å². The van der Waals surface area contributed by atoms with Gasteiger partial charge in [-0.3, -0.25) is 4.79 Å². The fourth-order valence-electron chi connectivity index (χ4n) is 5.21. The van der Waals surface area contributed by atoms with Crippen molar-refractivity contribution in [3.8, 4) is 11.5 Å². The van der Waals surface area contributed by atoms with Crippen LogP contribution in [0.4, 0.5) is 16.0 Å². The van der Waals surface area contributed by atoms with Gasteiger partial charge in [-0.25, -0.2) is 9.07 Å². The summed E-state index contributed by atoms with van der Waals surface area (Å²) in [6.45, 7) is 4.33. The molecule has 6 rings (SSSR count). The Morgan fingerprint density at radius 2 is 1.78 bits per heavy atom. The lowest BCUT2D eigenvalue weighted by atomic mass is 9.95. The molecule has 2 N–H and O–H groups in total. The normalized spacial score (nSPS) is 14.0. The number of methoxy groups -OCH3 is 1. The summed E-state index contributed by atoms with van der Waals surface area (Å²) in [5, 5.41) is 11.5. The molecule has 4 aromatic carbocycles. The summed E-state index contributed by atoms with van der Waals surface area (Å²) < 4.78 is 27.5. The van der Waals surface area contributed by atoms with Gasteiger partial charge >= 0.3 is 0 Å². The van der Waals surface area contributed by atoms with E-state index in [4.69, 9.17) is 14.6 Å². The first kappa shape index (κ1) is 30.0. The molecule has 2 heterocycles. The van der Waals surface area contributed by atoms with Gasteiger partial charge < -0.3 is 20.1 Å². The minimum absolute atomic E-state index is 0.275. The third kappa shape index (κ3) is 6.71. The van der Waals surface area contributed by atoms with E-state index >= 15 is 0 Å². The maximum absolute atomic E-state index is 14.3. The number of benzene rings is 4. The van der Waals surface area contributed by atoms with Gasteiger partial charge in [-0.2, -0.15) is 4.98 Å². The fraction of sp³-hybridized carbons (Fsp3) is 0.171. The molecule has 1 aromatic heterocycles. The fourth-order valence-corrected chi connectivity index (χ4v) is 6.02. The average Bonchev–Trinajstić information content (AvgIpc) is 3.45. The number of rotatable bonds is 10. The number of para-hydroxylation sites is 2. The molecule has 0 bridgehead atoms. The van der Waals surface area contributed by atoms with Crippen molar-refractivity contribution in [1.29, 1.82) is 0 Å². The number of aryl methyl sites for hydroxylation is 1. The summed E-state index contributed by atoms with van der Waals surface area (Å²) in [7, 11) is 1.56. The number of hydrogen-bond donors (Lipinski definition) is 2. The molecule has 0 aliphatic carbocycles. The quantitative estimate of drug-likeness (QED) is 0.156. The van der Waals surface area contributed by atoms with Crippen LogP contribution >= 0.6 is 11.8 Å². The van der Waals surface area contributed by atoms with Crippen LogP contribution in [0.5, 0.6) is 11.5 Å². The Kier molecular flexibility index (Phi) is 8.84. The molecular formula is C35H32FN5O3S. The number of nitrogens with one attached hydrogen (secondary N) is 2. The Morgan fingerprint density at radius 3 is 2.56 bits per heavy atom. The molecule has 8 nitrogen and oxygen atoms in total. The van der Waals surface area contributed by atoms with Crippen LogP contribution in [-0.2, 0) is 17.2 Å². The van der Waals surface area contributed by atoms with Crippen molar-refractivity contribution in [3.63, 3.8) is 0 Å². The van der Waals surface area contributed by atoms with E-state index in [0.717, 1.165) is 11.1 Å². The molecule has 228 valence electrons. The number of allylic oxidation sites excluding steroid dienone is 1. The maximum Gasteiger partial charge on any atom is 0.255 e. The summed E-state index contributed by atoms with van der Waals surface area (Å²) in [4.78, 5) is 18.6. The summed E-state index contributed by atoms with van der Waals surface area (Å²) in [6, 6.07) is 29.1. The maximum atomic E-state index is 14.3. The summed E-state index contributed by atoms with van der Waals surface area (Å²) in [5.74, 6) is 1.52. The van der Waals surface area contributed by atoms with Gasteiger partial charge in [0.1, 0.15) is 30.0 Å². The number of nitrogens with zero attached hydrogens (tertiary/aromatic N) is 3. The zero-order valence-corrected chi connectivity index (χ0v) is 25.9. The largest absolute Gasteiger partial charge is 0.495 e. The van der Waals surface area contributed by atoms with Crippen molar-refractivity contribution in [1.82, 2.24) is 14.8 Å². The Hall–Kier alpha value is -5.09. The SMILES string of the molecule is COc1ccccc1NC(=O)C1=C(C)Nc2nc(SCc3ccccc3F)nn2C1c1ccc(OCc2cccc(C)c2)cc1. The molecule has 0 saturated carbocycles. The third-order valence-corrected chi connectivity index (χ3v) is 8.32. The molecule has 10 heteroatoms. The molecule has 0 fully saturated rings. The monoisotopic (exact) mass is 621 g/mol. The number of hydrogen-bond acceptors (Lipinski definition) is 7. The first-order valence-corrected chi connectivity index (χ1v) is 15.4. The minimum atomic E-state index is -0.600. The number of fused-ring (bicyclic) bond motifs is 1. The highest BCUT2D eigenvalue weighted by Crippen LogP contribution is 2.38. The summed E-state index contributed by atoms with van der Waals surface area (Å²) in [5.41, 5.74) is 5.30. The Bertz CT molecular complexity index is 1870. The van der Waals surface area contributed by atoms with E-state index in [1.165, 1.54) is 23.4 Å². The summed E-state index contributed by atoms with van der Waals surface area (Å²) >= 11 is 1.33. The standard InChI is InChI=1S/C35H32FN5O3S/c1-22-9-8-10-24(19-22)20-44-27-17-15-25(16-18-27)32-31(33(42)38-29-13-6-7-14-30(29)43-3)23(2)37-34-39-35(40-41(32)34)45-21-26-11-4-5-12-28(26)36/h4-19,32H,20-21H2,1-3H3,(H,38,42)(H,37,39,40). The lowest BCUT2D eigenvalue weighted by Crippen LogP contribution is -2.31. The number of carbonyl (C=O) groups is 1. The first-order valence-electron chi connectivity index (χ1n) is 14.4. The lowest BCUT2D eigenvalue weighted by molar-refractivity contribution is -0.113. The van der Waals surface area contributed by atoms with E-state index in [2.05, 4.69) is 34.7 Å². The first-order chi connectivity index (χ1) is 21.9. The van der Waals surface area contributed by atoms with E-state index < -0.39 is 6.04 Å². The molecule has 0 spiro atoms. The van der Waals surface area contributed by atoms with Gasteiger partial charge in [-0.05, 0) is 60.9 Å². The molecular weight excluding hydrogens is 589 g/mol. The van der Waals surface area contributed by atoms with Crippen LogP contribution in [-0.4, -0.2) is 27.8 Å². The molecule has 1 aliphatic heterocycles. The van der Waals surface area contributed by atoms with Crippen molar-refractivity contribution in [2.45, 2.75) is 37.4 Å². The highest BCUT2D eigenvalue weighted by molar-refractivity contribution is 7.98. The Balaban J connectivity index is 1.31. The van der Waals surface area contributed by atoms with E-state index in [1.807, 2.05) is 55.5 Å². The molecule has 45 heavy (non-hydrogen) atoms. The predicted molar refractivity (Wildman–Crippen MR) is 174 cm³/mol. The van der Waals surface area contributed by atoms with E-state index in [1.54, 1.807) is 42.1 Å². The number of halogens is 1. The van der Waals surface area contributed by atoms with Crippen LogP contribution < -0.4 is 20.1 Å². The number of anilines is 2. The van der Waals surface area contributed by atoms with Gasteiger partial charge in [0.05, 0.1) is 18.4 Å². The molecule has 1 atom stereocenters. The van der Waals surface area contributed by atoms with Gasteiger partial charge in [0, 0.05) is 11.4 Å². The van der Waals surface area contributed by atoms with Crippen molar-refractivity contribution in [2.75, 3.05) is 17.7 Å². The molecule has 1 aliphatic rings. The van der Waals surface area contributed by atoms with Gasteiger partial charge in [0.15, 0.2) is 0 Å². The highest BCUT2D eigenvalue weighted by Gasteiger charge is 2.34. The number of carbonyl (C=O) groups excluding carboxylic acids is 1. The number of thioether (sulfide) groups is 1. The van der Waals surface area contributed by atoms with Gasteiger partial charge in [-0.1, -0.05) is 84.1 Å². The van der Waals surface area contributed by atoms with Crippen LogP contribution in [0.2, 0.25) is 0 Å². The smallest absolute Gasteiger partial charge is 0.255 e. The number of ether oxygens (including phenoxy) is 2. The zero-order valence-electron chi connectivity index (χ0n) is 25.1. The van der Waals surface area contributed by atoms with Crippen molar-refractivity contribution in [2.24, 2.45) is 0 Å². The van der Waals surface area contributed by atoms with E-state index in [9.17, 15) is 9.18 Å². The molecule has 1 unspecified atom stereocenters. The second kappa shape index (κ2) is 13.3. The molecule has 0 radical (unpaired) electrons. The van der Waals surface area contributed by atoms with Gasteiger partial charge in [-0.15, -0.1) is 5.10 Å². The predicted octanol–water partition coefficient (Wildman–Crippen LogP) is 7.53. The van der Waals surface area contributed by atoms with Crippen LogP contribution in [0.15, 0.2) is 113 Å². The number of amides is 1. The summed E-state index contributed by atoms with van der Waals surface area (Å²) in [6.07, 6.45) is 0. The Labute approximate surface area is 265 Å². The van der Waals surface area contributed by atoms with Crippen LogP contribution in [0.3, 0.4) is 0 Å². The van der Waals surface area contributed by atoms with E-state index in [0.29, 0.717) is 57.5 Å². The van der Waals surface area contributed by atoms with Gasteiger partial charge in [0.25, 0.3) is 5.91 Å². The molecule has 0 saturated heterocycles. The van der Waals surface area contributed by atoms with Crippen molar-refractivity contribution in [3.05, 3.63) is 136 Å². The lowest BCUT2D eigenvalue weighted by Gasteiger charge is -2.29. The molecule has 5 aromatic rings.